The molecule has 1 nitrogen and oxygen atoms in total. The lowest BCUT2D eigenvalue weighted by atomic mass is 9.93. The molecule has 0 fully saturated rings. The summed E-state index contributed by atoms with van der Waals surface area (Å²) < 4.78 is 0. The van der Waals surface area contributed by atoms with Gasteiger partial charge in [0.05, 0.1) is 0 Å². The summed E-state index contributed by atoms with van der Waals surface area (Å²) in [4.78, 5) is 0. The van der Waals surface area contributed by atoms with Crippen molar-refractivity contribution < 1.29 is 0 Å². The van der Waals surface area contributed by atoms with Gasteiger partial charge >= 0.3 is 0 Å². The predicted molar refractivity (Wildman–Crippen MR) is 62.3 cm³/mol. The Morgan fingerprint density at radius 1 is 1.36 bits per heavy atom. The van der Waals surface area contributed by atoms with E-state index < -0.39 is 0 Å². The largest absolute Gasteiger partial charge is 0.324 e. The average molecular weight is 189 g/mol. The normalized spacial score (nSPS) is 12.6. The van der Waals surface area contributed by atoms with Crippen LogP contribution in [-0.4, -0.2) is 0 Å². The molecule has 76 valence electrons. The van der Waals surface area contributed by atoms with Gasteiger partial charge in [0.15, 0.2) is 0 Å². The van der Waals surface area contributed by atoms with Crippen LogP contribution in [-0.2, 0) is 0 Å². The summed E-state index contributed by atoms with van der Waals surface area (Å²) in [6.45, 7) is 10.1. The first-order valence-electron chi connectivity index (χ1n) is 4.98. The van der Waals surface area contributed by atoms with E-state index in [0.29, 0.717) is 0 Å². The van der Waals surface area contributed by atoms with Crippen molar-refractivity contribution in [2.45, 2.75) is 33.2 Å². The summed E-state index contributed by atoms with van der Waals surface area (Å²) in [7, 11) is 0. The van der Waals surface area contributed by atoms with E-state index in [1.165, 1.54) is 16.7 Å². The highest BCUT2D eigenvalue weighted by Crippen LogP contribution is 2.24. The van der Waals surface area contributed by atoms with Gasteiger partial charge in [0.1, 0.15) is 0 Å². The van der Waals surface area contributed by atoms with E-state index in [2.05, 4.69) is 38.6 Å². The molecule has 14 heavy (non-hydrogen) atoms. The average Bonchev–Trinajstić information content (AvgIpc) is 2.01. The second-order valence-corrected chi connectivity index (χ2v) is 4.07. The fraction of sp³-hybridized carbons (Fsp3) is 0.385. The minimum absolute atomic E-state index is 0.0914. The first kappa shape index (κ1) is 11.0. The zero-order chi connectivity index (χ0) is 10.7. The van der Waals surface area contributed by atoms with Gasteiger partial charge in [0, 0.05) is 6.04 Å². The highest BCUT2D eigenvalue weighted by Gasteiger charge is 2.10. The van der Waals surface area contributed by atoms with Gasteiger partial charge in [-0.2, -0.15) is 0 Å². The molecule has 0 radical (unpaired) electrons. The molecule has 0 saturated carbocycles. The molecule has 1 unspecified atom stereocenters. The van der Waals surface area contributed by atoms with Gasteiger partial charge in [0.2, 0.25) is 0 Å². The van der Waals surface area contributed by atoms with Crippen LogP contribution in [0, 0.1) is 13.8 Å². The van der Waals surface area contributed by atoms with E-state index in [1.54, 1.807) is 0 Å². The number of nitrogens with two attached hydrogens (primary N) is 1. The Bertz CT molecular complexity index is 319. The molecule has 0 bridgehead atoms. The maximum Gasteiger partial charge on any atom is 0.0337 e. The zero-order valence-corrected chi connectivity index (χ0v) is 9.30. The van der Waals surface area contributed by atoms with E-state index in [1.807, 2.05) is 6.92 Å². The Hall–Kier alpha value is -1.08. The summed E-state index contributed by atoms with van der Waals surface area (Å²) in [5.41, 5.74) is 11.1. The molecule has 0 saturated heterocycles. The van der Waals surface area contributed by atoms with E-state index in [9.17, 15) is 0 Å². The van der Waals surface area contributed by atoms with Gasteiger partial charge in [0.25, 0.3) is 0 Å². The molecular weight excluding hydrogens is 170 g/mol. The first-order valence-corrected chi connectivity index (χ1v) is 4.98. The van der Waals surface area contributed by atoms with Crippen LogP contribution >= 0.6 is 0 Å². The zero-order valence-electron chi connectivity index (χ0n) is 9.30. The van der Waals surface area contributed by atoms with Crippen molar-refractivity contribution in [3.8, 4) is 0 Å². The molecule has 1 rings (SSSR count). The van der Waals surface area contributed by atoms with Crippen LogP contribution in [0.1, 0.15) is 36.1 Å². The lowest BCUT2D eigenvalue weighted by Gasteiger charge is -2.17. The second kappa shape index (κ2) is 4.43. The molecule has 1 aromatic carbocycles. The van der Waals surface area contributed by atoms with Crippen molar-refractivity contribution in [2.75, 3.05) is 0 Å². The summed E-state index contributed by atoms with van der Waals surface area (Å²) in [6.07, 6.45) is 0.867. The van der Waals surface area contributed by atoms with Gasteiger partial charge in [-0.25, -0.2) is 0 Å². The summed E-state index contributed by atoms with van der Waals surface area (Å²) >= 11 is 0. The van der Waals surface area contributed by atoms with Crippen LogP contribution in [0.2, 0.25) is 0 Å². The van der Waals surface area contributed by atoms with Gasteiger partial charge in [-0.1, -0.05) is 23.8 Å². The van der Waals surface area contributed by atoms with Crippen molar-refractivity contribution in [2.24, 2.45) is 5.73 Å². The van der Waals surface area contributed by atoms with Crippen molar-refractivity contribution in [1.29, 1.82) is 0 Å². The molecule has 1 aromatic rings. The fourth-order valence-corrected chi connectivity index (χ4v) is 1.89. The predicted octanol–water partition coefficient (Wildman–Crippen LogP) is 3.27. The third-order valence-electron chi connectivity index (χ3n) is 2.48. The highest BCUT2D eigenvalue weighted by atomic mass is 14.6. The summed E-state index contributed by atoms with van der Waals surface area (Å²) in [5, 5.41) is 0. The third-order valence-corrected chi connectivity index (χ3v) is 2.48. The van der Waals surface area contributed by atoms with E-state index >= 15 is 0 Å². The van der Waals surface area contributed by atoms with Gasteiger partial charge in [-0.3, -0.25) is 0 Å². The number of aryl methyl sites for hydroxylation is 2. The molecule has 2 N–H and O–H groups in total. The van der Waals surface area contributed by atoms with Crippen molar-refractivity contribution in [3.05, 3.63) is 47.0 Å². The monoisotopic (exact) mass is 189 g/mol. The van der Waals surface area contributed by atoms with Crippen molar-refractivity contribution in [3.63, 3.8) is 0 Å². The fourth-order valence-electron chi connectivity index (χ4n) is 1.89. The van der Waals surface area contributed by atoms with E-state index in [4.69, 9.17) is 5.73 Å². The minimum atomic E-state index is 0.0914. The number of hydrogen-bond acceptors (Lipinski definition) is 1. The summed E-state index contributed by atoms with van der Waals surface area (Å²) in [6, 6.07) is 6.39. The van der Waals surface area contributed by atoms with Crippen LogP contribution in [0.15, 0.2) is 30.4 Å². The molecule has 0 aromatic heterocycles. The minimum Gasteiger partial charge on any atom is -0.324 e. The molecule has 0 aliphatic rings. The smallest absolute Gasteiger partial charge is 0.0337 e. The molecule has 0 aliphatic carbocycles. The van der Waals surface area contributed by atoms with E-state index in [0.717, 1.165) is 12.0 Å². The van der Waals surface area contributed by atoms with Crippen LogP contribution in [0.25, 0.3) is 0 Å². The Morgan fingerprint density at radius 2 is 1.86 bits per heavy atom. The number of benzene rings is 1. The molecular formula is C13H19N. The van der Waals surface area contributed by atoms with Crippen LogP contribution in [0.4, 0.5) is 0 Å². The van der Waals surface area contributed by atoms with Crippen LogP contribution in [0.5, 0.6) is 0 Å². The Morgan fingerprint density at radius 3 is 2.29 bits per heavy atom. The summed E-state index contributed by atoms with van der Waals surface area (Å²) in [5.74, 6) is 0. The van der Waals surface area contributed by atoms with Crippen molar-refractivity contribution >= 4 is 0 Å². The third kappa shape index (κ3) is 2.46. The van der Waals surface area contributed by atoms with Crippen LogP contribution < -0.4 is 5.73 Å². The first-order chi connectivity index (χ1) is 6.52. The maximum atomic E-state index is 6.14. The van der Waals surface area contributed by atoms with Gasteiger partial charge in [-0.05, 0) is 43.9 Å². The maximum absolute atomic E-state index is 6.14. The standard InChI is InChI=1S/C13H19N/c1-9(2)8-12(14)13-10(3)6-5-7-11(13)4/h5-7,12H,1,8,14H2,2-4H3. The molecule has 0 aliphatic heterocycles. The molecule has 0 heterocycles. The lowest BCUT2D eigenvalue weighted by molar-refractivity contribution is 0.707. The Labute approximate surface area is 86.6 Å². The second-order valence-electron chi connectivity index (χ2n) is 4.07. The molecule has 1 heteroatoms. The molecule has 1 atom stereocenters. The van der Waals surface area contributed by atoms with Crippen LogP contribution in [0.3, 0.4) is 0 Å². The SMILES string of the molecule is C=C(C)CC(N)c1c(C)cccc1C. The molecule has 0 amide bonds. The number of hydrogen-bond donors (Lipinski definition) is 1. The Balaban J connectivity index is 2.99. The molecule has 0 spiro atoms. The Kier molecular flexibility index (Phi) is 3.48. The lowest BCUT2D eigenvalue weighted by Crippen LogP contribution is -2.13. The number of rotatable bonds is 3. The van der Waals surface area contributed by atoms with E-state index in [-0.39, 0.29) is 6.04 Å². The van der Waals surface area contributed by atoms with Gasteiger partial charge < -0.3 is 5.73 Å². The van der Waals surface area contributed by atoms with Crippen molar-refractivity contribution in [1.82, 2.24) is 0 Å². The van der Waals surface area contributed by atoms with Gasteiger partial charge in [-0.15, -0.1) is 6.58 Å². The quantitative estimate of drug-likeness (QED) is 0.726. The topological polar surface area (TPSA) is 26.0 Å². The highest BCUT2D eigenvalue weighted by molar-refractivity contribution is 5.36.